The van der Waals surface area contributed by atoms with Gasteiger partial charge in [-0.15, -0.1) is 0 Å². The Morgan fingerprint density at radius 2 is 1.87 bits per heavy atom. The Balaban J connectivity index is 2.88. The van der Waals surface area contributed by atoms with E-state index in [2.05, 4.69) is 0 Å². The number of benzene rings is 1. The quantitative estimate of drug-likeness (QED) is 0.773. The molecule has 0 aromatic heterocycles. The maximum absolute atomic E-state index is 11.5. The first-order chi connectivity index (χ1) is 7.05. The molecule has 0 heterocycles. The van der Waals surface area contributed by atoms with Gasteiger partial charge in [-0.2, -0.15) is 0 Å². The SMILES string of the molecule is CS(=O)(=O)c1ccccc1CCCCN. The average Bonchev–Trinajstić information content (AvgIpc) is 2.17. The number of unbranched alkanes of at least 4 members (excludes halogenated alkanes) is 1. The first kappa shape index (κ1) is 12.2. The number of aryl methyl sites for hydroxylation is 1. The van der Waals surface area contributed by atoms with Crippen LogP contribution in [0.1, 0.15) is 18.4 Å². The molecule has 3 nitrogen and oxygen atoms in total. The van der Waals surface area contributed by atoms with Crippen LogP contribution in [0.15, 0.2) is 29.2 Å². The summed E-state index contributed by atoms with van der Waals surface area (Å²) in [7, 11) is -3.10. The van der Waals surface area contributed by atoms with Crippen molar-refractivity contribution in [3.8, 4) is 0 Å². The van der Waals surface area contributed by atoms with Crippen LogP contribution in [0.3, 0.4) is 0 Å². The zero-order valence-corrected chi connectivity index (χ0v) is 9.76. The van der Waals surface area contributed by atoms with E-state index in [1.165, 1.54) is 6.26 Å². The van der Waals surface area contributed by atoms with Gasteiger partial charge in [0.1, 0.15) is 0 Å². The molecule has 0 radical (unpaired) electrons. The normalized spacial score (nSPS) is 11.6. The summed E-state index contributed by atoms with van der Waals surface area (Å²) in [5.74, 6) is 0. The fourth-order valence-electron chi connectivity index (χ4n) is 1.53. The van der Waals surface area contributed by atoms with Gasteiger partial charge in [-0.05, 0) is 37.4 Å². The molecule has 0 saturated heterocycles. The van der Waals surface area contributed by atoms with Gasteiger partial charge in [0.05, 0.1) is 4.90 Å². The maximum atomic E-state index is 11.5. The largest absolute Gasteiger partial charge is 0.330 e. The fraction of sp³-hybridized carbons (Fsp3) is 0.455. The highest BCUT2D eigenvalue weighted by atomic mass is 32.2. The fourth-order valence-corrected chi connectivity index (χ4v) is 2.50. The Bertz CT molecular complexity index is 412. The highest BCUT2D eigenvalue weighted by Gasteiger charge is 2.11. The van der Waals surface area contributed by atoms with Crippen molar-refractivity contribution >= 4 is 9.84 Å². The zero-order chi connectivity index (χ0) is 11.3. The van der Waals surface area contributed by atoms with Crippen LogP contribution < -0.4 is 5.73 Å². The van der Waals surface area contributed by atoms with Crippen LogP contribution in [0.5, 0.6) is 0 Å². The Kier molecular flexibility index (Phi) is 4.29. The third kappa shape index (κ3) is 3.64. The number of nitrogens with two attached hydrogens (primary N) is 1. The van der Waals surface area contributed by atoms with Gasteiger partial charge in [0.2, 0.25) is 0 Å². The van der Waals surface area contributed by atoms with Crippen molar-refractivity contribution in [3.05, 3.63) is 29.8 Å². The van der Waals surface area contributed by atoms with Crippen molar-refractivity contribution in [1.29, 1.82) is 0 Å². The first-order valence-electron chi connectivity index (χ1n) is 5.03. The van der Waals surface area contributed by atoms with Crippen LogP contribution >= 0.6 is 0 Å². The molecule has 0 bridgehead atoms. The van der Waals surface area contributed by atoms with Crippen LogP contribution in [0.2, 0.25) is 0 Å². The number of rotatable bonds is 5. The average molecular weight is 227 g/mol. The van der Waals surface area contributed by atoms with Gasteiger partial charge < -0.3 is 5.73 Å². The van der Waals surface area contributed by atoms with Gasteiger partial charge in [0.25, 0.3) is 0 Å². The number of hydrogen-bond acceptors (Lipinski definition) is 3. The minimum absolute atomic E-state index is 0.446. The number of hydrogen-bond donors (Lipinski definition) is 1. The monoisotopic (exact) mass is 227 g/mol. The lowest BCUT2D eigenvalue weighted by atomic mass is 10.1. The second-order valence-corrected chi connectivity index (χ2v) is 5.61. The molecule has 0 aliphatic rings. The van der Waals surface area contributed by atoms with Crippen molar-refractivity contribution < 1.29 is 8.42 Å². The lowest BCUT2D eigenvalue weighted by molar-refractivity contribution is 0.600. The van der Waals surface area contributed by atoms with Crippen LogP contribution in [0.4, 0.5) is 0 Å². The highest BCUT2D eigenvalue weighted by molar-refractivity contribution is 7.90. The lowest BCUT2D eigenvalue weighted by Crippen LogP contribution is -2.04. The predicted molar refractivity (Wildman–Crippen MR) is 61.5 cm³/mol. The van der Waals surface area contributed by atoms with Gasteiger partial charge in [0.15, 0.2) is 9.84 Å². The van der Waals surface area contributed by atoms with Crippen LogP contribution in [0, 0.1) is 0 Å². The summed E-state index contributed by atoms with van der Waals surface area (Å²) in [4.78, 5) is 0.446. The molecule has 15 heavy (non-hydrogen) atoms. The summed E-state index contributed by atoms with van der Waals surface area (Å²) < 4.78 is 22.9. The lowest BCUT2D eigenvalue weighted by Gasteiger charge is -2.06. The van der Waals surface area contributed by atoms with E-state index in [4.69, 9.17) is 5.73 Å². The molecule has 0 atom stereocenters. The molecule has 1 aromatic rings. The molecule has 0 fully saturated rings. The van der Waals surface area contributed by atoms with E-state index in [0.29, 0.717) is 11.4 Å². The van der Waals surface area contributed by atoms with Crippen molar-refractivity contribution in [3.63, 3.8) is 0 Å². The molecule has 4 heteroatoms. The van der Waals surface area contributed by atoms with Gasteiger partial charge in [-0.1, -0.05) is 18.2 Å². The predicted octanol–water partition coefficient (Wildman–Crippen LogP) is 1.37. The Labute approximate surface area is 91.2 Å². The molecule has 0 amide bonds. The minimum atomic E-state index is -3.10. The smallest absolute Gasteiger partial charge is 0.175 e. The summed E-state index contributed by atoms with van der Waals surface area (Å²) >= 11 is 0. The summed E-state index contributed by atoms with van der Waals surface area (Å²) in [6, 6.07) is 7.15. The Hall–Kier alpha value is -0.870. The van der Waals surface area contributed by atoms with E-state index in [1.54, 1.807) is 12.1 Å². The summed E-state index contributed by atoms with van der Waals surface area (Å²) in [5.41, 5.74) is 6.29. The number of sulfone groups is 1. The second kappa shape index (κ2) is 5.28. The molecule has 2 N–H and O–H groups in total. The van der Waals surface area contributed by atoms with E-state index in [0.717, 1.165) is 24.8 Å². The molecule has 0 unspecified atom stereocenters. The molecule has 0 aliphatic heterocycles. The van der Waals surface area contributed by atoms with E-state index in [1.807, 2.05) is 12.1 Å². The first-order valence-corrected chi connectivity index (χ1v) is 6.93. The van der Waals surface area contributed by atoms with Gasteiger partial charge in [-0.25, -0.2) is 8.42 Å². The van der Waals surface area contributed by atoms with Crippen LogP contribution in [0.25, 0.3) is 0 Å². The molecule has 84 valence electrons. The van der Waals surface area contributed by atoms with Crippen molar-refractivity contribution in [2.45, 2.75) is 24.2 Å². The maximum Gasteiger partial charge on any atom is 0.175 e. The van der Waals surface area contributed by atoms with E-state index in [-0.39, 0.29) is 0 Å². The van der Waals surface area contributed by atoms with E-state index >= 15 is 0 Å². The third-order valence-corrected chi connectivity index (χ3v) is 3.47. The molecule has 0 saturated carbocycles. The molecular weight excluding hydrogens is 210 g/mol. The van der Waals surface area contributed by atoms with Crippen LogP contribution in [-0.4, -0.2) is 21.2 Å². The van der Waals surface area contributed by atoms with E-state index < -0.39 is 9.84 Å². The molecule has 0 spiro atoms. The van der Waals surface area contributed by atoms with Gasteiger partial charge in [-0.3, -0.25) is 0 Å². The third-order valence-electron chi connectivity index (χ3n) is 2.27. The van der Waals surface area contributed by atoms with Crippen molar-refractivity contribution in [2.24, 2.45) is 5.73 Å². The van der Waals surface area contributed by atoms with Gasteiger partial charge >= 0.3 is 0 Å². The van der Waals surface area contributed by atoms with Crippen LogP contribution in [-0.2, 0) is 16.3 Å². The van der Waals surface area contributed by atoms with E-state index in [9.17, 15) is 8.42 Å². The van der Waals surface area contributed by atoms with Crippen molar-refractivity contribution in [1.82, 2.24) is 0 Å². The Morgan fingerprint density at radius 1 is 1.20 bits per heavy atom. The van der Waals surface area contributed by atoms with Gasteiger partial charge in [0, 0.05) is 6.26 Å². The molecule has 1 aromatic carbocycles. The molecule has 1 rings (SSSR count). The van der Waals surface area contributed by atoms with Crippen molar-refractivity contribution in [2.75, 3.05) is 12.8 Å². The highest BCUT2D eigenvalue weighted by Crippen LogP contribution is 2.17. The topological polar surface area (TPSA) is 60.2 Å². The molecule has 0 aliphatic carbocycles. The second-order valence-electron chi connectivity index (χ2n) is 3.63. The molecular formula is C11H17NO2S. The Morgan fingerprint density at radius 3 is 2.47 bits per heavy atom. The zero-order valence-electron chi connectivity index (χ0n) is 8.94. The summed E-state index contributed by atoms with van der Waals surface area (Å²) in [6.07, 6.45) is 3.89. The minimum Gasteiger partial charge on any atom is -0.330 e. The standard InChI is InChI=1S/C11H17NO2S/c1-15(13,14)11-8-3-2-6-10(11)7-4-5-9-12/h2-3,6,8H,4-5,7,9,12H2,1H3. The summed E-state index contributed by atoms with van der Waals surface area (Å²) in [6.45, 7) is 0.654. The summed E-state index contributed by atoms with van der Waals surface area (Å²) in [5, 5.41) is 0.